The molecule has 0 saturated carbocycles. The molecule has 136 valence electrons. The summed E-state index contributed by atoms with van der Waals surface area (Å²) < 4.78 is 0. The van der Waals surface area contributed by atoms with E-state index in [9.17, 15) is 9.59 Å². The average molecular weight is 344 g/mol. The number of carbonyl (C=O) groups is 2. The molecule has 0 aromatic heterocycles. The van der Waals surface area contributed by atoms with Gasteiger partial charge in [-0.25, -0.2) is 0 Å². The largest absolute Gasteiger partial charge is 0.352 e. The number of hydrogen-bond donors (Lipinski definition) is 3. The summed E-state index contributed by atoms with van der Waals surface area (Å²) in [4.78, 5) is 26.9. The lowest BCUT2D eigenvalue weighted by atomic mass is 9.92. The van der Waals surface area contributed by atoms with Gasteiger partial charge in [0.2, 0.25) is 5.91 Å². The Labute approximate surface area is 149 Å². The highest BCUT2D eigenvalue weighted by atomic mass is 16.2. The summed E-state index contributed by atoms with van der Waals surface area (Å²) >= 11 is 0. The SMILES string of the molecule is CC1NNC(C)C1CC(=O)NC1CCCN(C(=O)c2ccccc2)C1. The van der Waals surface area contributed by atoms with Crippen molar-refractivity contribution in [1.82, 2.24) is 21.1 Å². The lowest BCUT2D eigenvalue weighted by Crippen LogP contribution is -2.50. The van der Waals surface area contributed by atoms with Crippen LogP contribution in [-0.2, 0) is 4.79 Å². The fourth-order valence-corrected chi connectivity index (χ4v) is 3.81. The van der Waals surface area contributed by atoms with Crippen LogP contribution in [0.4, 0.5) is 0 Å². The number of rotatable bonds is 4. The second-order valence-electron chi connectivity index (χ2n) is 7.26. The van der Waals surface area contributed by atoms with Crippen LogP contribution in [0.25, 0.3) is 0 Å². The minimum absolute atomic E-state index is 0.0434. The third-order valence-corrected chi connectivity index (χ3v) is 5.34. The Morgan fingerprint density at radius 1 is 1.16 bits per heavy atom. The fraction of sp³-hybridized carbons (Fsp3) is 0.579. The molecular formula is C19H28N4O2. The maximum absolute atomic E-state index is 12.6. The Kier molecular flexibility index (Phi) is 5.71. The summed E-state index contributed by atoms with van der Waals surface area (Å²) in [6.07, 6.45) is 2.35. The fourth-order valence-electron chi connectivity index (χ4n) is 3.81. The second-order valence-corrected chi connectivity index (χ2v) is 7.26. The number of nitrogens with zero attached hydrogens (tertiary/aromatic N) is 1. The third-order valence-electron chi connectivity index (χ3n) is 5.34. The van der Waals surface area contributed by atoms with Gasteiger partial charge in [0, 0.05) is 49.1 Å². The maximum Gasteiger partial charge on any atom is 0.253 e. The van der Waals surface area contributed by atoms with Gasteiger partial charge in [0.25, 0.3) is 5.91 Å². The number of carbonyl (C=O) groups excluding carboxylic acids is 2. The Bertz CT molecular complexity index is 597. The van der Waals surface area contributed by atoms with Gasteiger partial charge < -0.3 is 10.2 Å². The number of hydrazine groups is 1. The molecule has 3 N–H and O–H groups in total. The zero-order valence-electron chi connectivity index (χ0n) is 15.0. The zero-order chi connectivity index (χ0) is 17.8. The molecular weight excluding hydrogens is 316 g/mol. The minimum atomic E-state index is 0.0434. The number of benzene rings is 1. The average Bonchev–Trinajstić information content (AvgIpc) is 2.94. The van der Waals surface area contributed by atoms with Gasteiger partial charge in [-0.2, -0.15) is 0 Å². The number of nitrogens with one attached hydrogen (secondary N) is 3. The summed E-state index contributed by atoms with van der Waals surface area (Å²) in [5.74, 6) is 0.407. The summed E-state index contributed by atoms with van der Waals surface area (Å²) in [6.45, 7) is 5.53. The van der Waals surface area contributed by atoms with Gasteiger partial charge in [0.15, 0.2) is 0 Å². The number of piperidine rings is 1. The van der Waals surface area contributed by atoms with E-state index < -0.39 is 0 Å². The van der Waals surface area contributed by atoms with Crippen LogP contribution < -0.4 is 16.2 Å². The Balaban J connectivity index is 1.53. The lowest BCUT2D eigenvalue weighted by Gasteiger charge is -2.33. The Morgan fingerprint density at radius 3 is 2.52 bits per heavy atom. The third kappa shape index (κ3) is 4.38. The summed E-state index contributed by atoms with van der Waals surface area (Å²) in [7, 11) is 0. The molecule has 6 heteroatoms. The quantitative estimate of drug-likeness (QED) is 0.770. The van der Waals surface area contributed by atoms with Crippen molar-refractivity contribution in [3.8, 4) is 0 Å². The van der Waals surface area contributed by atoms with Gasteiger partial charge in [0.05, 0.1) is 0 Å². The highest BCUT2D eigenvalue weighted by molar-refractivity contribution is 5.94. The number of amides is 2. The van der Waals surface area contributed by atoms with Crippen molar-refractivity contribution in [1.29, 1.82) is 0 Å². The Morgan fingerprint density at radius 2 is 1.84 bits per heavy atom. The second kappa shape index (κ2) is 7.97. The predicted molar refractivity (Wildman–Crippen MR) is 96.8 cm³/mol. The summed E-state index contributed by atoms with van der Waals surface area (Å²) in [5.41, 5.74) is 7.08. The molecule has 2 saturated heterocycles. The van der Waals surface area contributed by atoms with Gasteiger partial charge in [-0.3, -0.25) is 20.4 Å². The Hall–Kier alpha value is -1.92. The van der Waals surface area contributed by atoms with Crippen LogP contribution in [0, 0.1) is 5.92 Å². The standard InChI is InChI=1S/C19H28N4O2/c1-13-17(14(2)22-21-13)11-18(24)20-16-9-6-10-23(12-16)19(25)15-7-4-3-5-8-15/h3-5,7-8,13-14,16-17,21-22H,6,9-12H2,1-2H3,(H,20,24). The molecule has 6 nitrogen and oxygen atoms in total. The van der Waals surface area contributed by atoms with Gasteiger partial charge in [-0.15, -0.1) is 0 Å². The molecule has 0 radical (unpaired) electrons. The molecule has 3 rings (SSSR count). The highest BCUT2D eigenvalue weighted by Gasteiger charge is 2.32. The first kappa shape index (κ1) is 17.9. The van der Waals surface area contributed by atoms with Crippen LogP contribution >= 0.6 is 0 Å². The molecule has 1 aromatic carbocycles. The lowest BCUT2D eigenvalue weighted by molar-refractivity contribution is -0.123. The van der Waals surface area contributed by atoms with E-state index in [1.807, 2.05) is 35.2 Å². The number of likely N-dealkylation sites (tertiary alicyclic amines) is 1. The van der Waals surface area contributed by atoms with E-state index >= 15 is 0 Å². The van der Waals surface area contributed by atoms with Crippen molar-refractivity contribution in [2.24, 2.45) is 5.92 Å². The van der Waals surface area contributed by atoms with Gasteiger partial charge in [-0.1, -0.05) is 18.2 Å². The smallest absolute Gasteiger partial charge is 0.253 e. The molecule has 3 atom stereocenters. The molecule has 1 aromatic rings. The minimum Gasteiger partial charge on any atom is -0.352 e. The van der Waals surface area contributed by atoms with Gasteiger partial charge >= 0.3 is 0 Å². The number of hydrogen-bond acceptors (Lipinski definition) is 4. The van der Waals surface area contributed by atoms with Crippen LogP contribution in [0.1, 0.15) is 43.5 Å². The summed E-state index contributed by atoms with van der Waals surface area (Å²) in [5, 5.41) is 3.13. The van der Waals surface area contributed by atoms with E-state index in [4.69, 9.17) is 0 Å². The maximum atomic E-state index is 12.6. The molecule has 0 bridgehead atoms. The molecule has 2 heterocycles. The van der Waals surface area contributed by atoms with Crippen molar-refractivity contribution in [2.75, 3.05) is 13.1 Å². The topological polar surface area (TPSA) is 73.5 Å². The monoisotopic (exact) mass is 344 g/mol. The van der Waals surface area contributed by atoms with E-state index in [1.54, 1.807) is 0 Å². The van der Waals surface area contributed by atoms with E-state index in [0.29, 0.717) is 18.5 Å². The molecule has 0 spiro atoms. The van der Waals surface area contributed by atoms with Gasteiger partial charge in [-0.05, 0) is 38.8 Å². The van der Waals surface area contributed by atoms with Crippen LogP contribution in [0.5, 0.6) is 0 Å². The van der Waals surface area contributed by atoms with Crippen LogP contribution in [0.2, 0.25) is 0 Å². The highest BCUT2D eigenvalue weighted by Crippen LogP contribution is 2.19. The van der Waals surface area contributed by atoms with E-state index in [2.05, 4.69) is 30.0 Å². The van der Waals surface area contributed by atoms with Crippen molar-refractivity contribution in [2.45, 2.75) is 51.2 Å². The van der Waals surface area contributed by atoms with Crippen LogP contribution in [-0.4, -0.2) is 47.9 Å². The van der Waals surface area contributed by atoms with E-state index in [1.165, 1.54) is 0 Å². The van der Waals surface area contributed by atoms with Crippen LogP contribution in [0.15, 0.2) is 30.3 Å². The molecule has 2 amide bonds. The van der Waals surface area contributed by atoms with Crippen molar-refractivity contribution < 1.29 is 9.59 Å². The zero-order valence-corrected chi connectivity index (χ0v) is 15.0. The van der Waals surface area contributed by atoms with Crippen molar-refractivity contribution >= 4 is 11.8 Å². The molecule has 2 fully saturated rings. The normalized spacial score (nSPS) is 29.4. The molecule has 3 unspecified atom stereocenters. The molecule has 25 heavy (non-hydrogen) atoms. The van der Waals surface area contributed by atoms with Gasteiger partial charge in [0.1, 0.15) is 0 Å². The first-order valence-corrected chi connectivity index (χ1v) is 9.19. The summed E-state index contributed by atoms with van der Waals surface area (Å²) in [6, 6.07) is 9.95. The van der Waals surface area contributed by atoms with E-state index in [-0.39, 0.29) is 35.9 Å². The first-order valence-electron chi connectivity index (χ1n) is 9.19. The van der Waals surface area contributed by atoms with E-state index in [0.717, 1.165) is 19.4 Å². The van der Waals surface area contributed by atoms with Crippen molar-refractivity contribution in [3.63, 3.8) is 0 Å². The first-order chi connectivity index (χ1) is 12.0. The molecule has 0 aliphatic carbocycles. The van der Waals surface area contributed by atoms with Crippen LogP contribution in [0.3, 0.4) is 0 Å². The molecule has 2 aliphatic heterocycles. The predicted octanol–water partition coefficient (Wildman–Crippen LogP) is 1.30. The molecule has 2 aliphatic rings. The van der Waals surface area contributed by atoms with Crippen molar-refractivity contribution in [3.05, 3.63) is 35.9 Å².